The molecule has 1 aliphatic heterocycles. The second-order valence-corrected chi connectivity index (χ2v) is 3.51. The Morgan fingerprint density at radius 3 is 2.93 bits per heavy atom. The molecule has 1 aromatic rings. The van der Waals surface area contributed by atoms with Crippen LogP contribution in [0.15, 0.2) is 42.1 Å². The van der Waals surface area contributed by atoms with Gasteiger partial charge in [0.2, 0.25) is 0 Å². The summed E-state index contributed by atoms with van der Waals surface area (Å²) in [6.07, 6.45) is 2.47. The third-order valence-electron chi connectivity index (χ3n) is 2.14. The van der Waals surface area contributed by atoms with Crippen molar-refractivity contribution in [2.75, 3.05) is 0 Å². The molecule has 0 N–H and O–H groups in total. The second kappa shape index (κ2) is 3.84. The molecule has 0 spiro atoms. The van der Waals surface area contributed by atoms with Crippen LogP contribution in [0.4, 0.5) is 0 Å². The maximum atomic E-state index is 6.03. The lowest BCUT2D eigenvalue weighted by molar-refractivity contribution is 0.120. The van der Waals surface area contributed by atoms with Gasteiger partial charge in [-0.15, -0.1) is 0 Å². The van der Waals surface area contributed by atoms with E-state index in [4.69, 9.17) is 16.4 Å². The summed E-state index contributed by atoms with van der Waals surface area (Å²) in [4.78, 5) is 5.14. The summed E-state index contributed by atoms with van der Waals surface area (Å²) in [6, 6.07) is 7.62. The van der Waals surface area contributed by atoms with Crippen LogP contribution in [0.5, 0.6) is 0 Å². The molecule has 1 aliphatic rings. The first kappa shape index (κ1) is 9.28. The Morgan fingerprint density at radius 1 is 1.50 bits per heavy atom. The van der Waals surface area contributed by atoms with E-state index in [1.807, 2.05) is 24.3 Å². The van der Waals surface area contributed by atoms with Gasteiger partial charge < -0.3 is 4.84 Å². The molecule has 0 saturated heterocycles. The molecule has 1 aromatic carbocycles. The molecule has 1 heterocycles. The van der Waals surface area contributed by atoms with Crippen molar-refractivity contribution in [3.8, 4) is 0 Å². The molecule has 0 aromatic heterocycles. The Labute approximate surface area is 87.8 Å². The second-order valence-electron chi connectivity index (χ2n) is 3.10. The summed E-state index contributed by atoms with van der Waals surface area (Å²) in [5, 5.41) is 4.69. The standard InChI is InChI=1S/C11H10ClNO/c1-2-8-7-11(13-14-8)9-5-3-4-6-10(9)12/h2-6,8H,1,7H2. The molecule has 2 rings (SSSR count). The van der Waals surface area contributed by atoms with Crippen molar-refractivity contribution in [3.05, 3.63) is 47.5 Å². The monoisotopic (exact) mass is 207 g/mol. The van der Waals surface area contributed by atoms with E-state index in [1.165, 1.54) is 0 Å². The number of benzene rings is 1. The third kappa shape index (κ3) is 1.66. The average molecular weight is 208 g/mol. The summed E-state index contributed by atoms with van der Waals surface area (Å²) >= 11 is 6.03. The molecule has 0 bridgehead atoms. The van der Waals surface area contributed by atoms with E-state index in [0.29, 0.717) is 5.02 Å². The zero-order chi connectivity index (χ0) is 9.97. The van der Waals surface area contributed by atoms with Crippen LogP contribution in [0.1, 0.15) is 12.0 Å². The van der Waals surface area contributed by atoms with Crippen molar-refractivity contribution in [1.82, 2.24) is 0 Å². The lowest BCUT2D eigenvalue weighted by Crippen LogP contribution is -2.04. The van der Waals surface area contributed by atoms with E-state index < -0.39 is 0 Å². The molecule has 0 fully saturated rings. The van der Waals surface area contributed by atoms with Gasteiger partial charge in [-0.1, -0.05) is 41.5 Å². The minimum Gasteiger partial charge on any atom is -0.388 e. The van der Waals surface area contributed by atoms with E-state index in [0.717, 1.165) is 17.7 Å². The molecule has 3 heteroatoms. The molecular weight excluding hydrogens is 198 g/mol. The molecule has 2 nitrogen and oxygen atoms in total. The topological polar surface area (TPSA) is 21.6 Å². The lowest BCUT2D eigenvalue weighted by Gasteiger charge is -2.01. The lowest BCUT2D eigenvalue weighted by atomic mass is 10.1. The van der Waals surface area contributed by atoms with E-state index in [-0.39, 0.29) is 6.10 Å². The molecule has 0 radical (unpaired) electrons. The van der Waals surface area contributed by atoms with Crippen molar-refractivity contribution in [2.45, 2.75) is 12.5 Å². The van der Waals surface area contributed by atoms with Gasteiger partial charge in [0.15, 0.2) is 6.10 Å². The fraction of sp³-hybridized carbons (Fsp3) is 0.182. The maximum absolute atomic E-state index is 6.03. The van der Waals surface area contributed by atoms with Crippen molar-refractivity contribution in [2.24, 2.45) is 5.16 Å². The van der Waals surface area contributed by atoms with E-state index >= 15 is 0 Å². The van der Waals surface area contributed by atoms with Gasteiger partial charge in [-0.25, -0.2) is 0 Å². The number of rotatable bonds is 2. The van der Waals surface area contributed by atoms with E-state index in [2.05, 4.69) is 11.7 Å². The van der Waals surface area contributed by atoms with Crippen LogP contribution >= 0.6 is 11.6 Å². The minimum atomic E-state index is -0.0127. The van der Waals surface area contributed by atoms with Gasteiger partial charge in [0, 0.05) is 17.0 Å². The summed E-state index contributed by atoms with van der Waals surface area (Å²) in [5.74, 6) is 0. The highest BCUT2D eigenvalue weighted by molar-refractivity contribution is 6.34. The molecule has 14 heavy (non-hydrogen) atoms. The molecule has 1 unspecified atom stereocenters. The van der Waals surface area contributed by atoms with Crippen LogP contribution < -0.4 is 0 Å². The smallest absolute Gasteiger partial charge is 0.151 e. The van der Waals surface area contributed by atoms with Crippen molar-refractivity contribution >= 4 is 17.3 Å². The summed E-state index contributed by atoms with van der Waals surface area (Å²) in [7, 11) is 0. The van der Waals surface area contributed by atoms with Crippen molar-refractivity contribution in [3.63, 3.8) is 0 Å². The molecule has 1 atom stereocenters. The number of oxime groups is 1. The largest absolute Gasteiger partial charge is 0.388 e. The summed E-state index contributed by atoms with van der Waals surface area (Å²) in [5.41, 5.74) is 1.83. The predicted octanol–water partition coefficient (Wildman–Crippen LogP) is 3.02. The molecule has 0 aliphatic carbocycles. The van der Waals surface area contributed by atoms with Gasteiger partial charge in [0.05, 0.1) is 5.71 Å². The number of hydrogen-bond donors (Lipinski definition) is 0. The Bertz CT molecular complexity index is 387. The number of nitrogens with zero attached hydrogens (tertiary/aromatic N) is 1. The quantitative estimate of drug-likeness (QED) is 0.684. The van der Waals surface area contributed by atoms with Crippen molar-refractivity contribution < 1.29 is 4.84 Å². The molecule has 72 valence electrons. The van der Waals surface area contributed by atoms with Crippen molar-refractivity contribution in [1.29, 1.82) is 0 Å². The average Bonchev–Trinajstić information content (AvgIpc) is 2.67. The van der Waals surface area contributed by atoms with Gasteiger partial charge in [0.25, 0.3) is 0 Å². The number of hydrogen-bond acceptors (Lipinski definition) is 2. The van der Waals surface area contributed by atoms with Crippen LogP contribution in [-0.4, -0.2) is 11.8 Å². The fourth-order valence-corrected chi connectivity index (χ4v) is 1.62. The van der Waals surface area contributed by atoms with Gasteiger partial charge >= 0.3 is 0 Å². The Balaban J connectivity index is 2.25. The highest BCUT2D eigenvalue weighted by Crippen LogP contribution is 2.22. The normalized spacial score (nSPS) is 20.1. The highest BCUT2D eigenvalue weighted by Gasteiger charge is 2.20. The maximum Gasteiger partial charge on any atom is 0.151 e. The van der Waals surface area contributed by atoms with Gasteiger partial charge in [-0.2, -0.15) is 0 Å². The van der Waals surface area contributed by atoms with Crippen LogP contribution in [0.2, 0.25) is 5.02 Å². The Morgan fingerprint density at radius 2 is 2.29 bits per heavy atom. The minimum absolute atomic E-state index is 0.0127. The first-order valence-corrected chi connectivity index (χ1v) is 4.79. The third-order valence-corrected chi connectivity index (χ3v) is 2.47. The molecular formula is C11H10ClNO. The number of halogens is 1. The van der Waals surface area contributed by atoms with Gasteiger partial charge in [-0.05, 0) is 12.1 Å². The predicted molar refractivity (Wildman–Crippen MR) is 57.7 cm³/mol. The van der Waals surface area contributed by atoms with Crippen LogP contribution in [-0.2, 0) is 4.84 Å². The summed E-state index contributed by atoms with van der Waals surface area (Å²) in [6.45, 7) is 3.66. The van der Waals surface area contributed by atoms with E-state index in [9.17, 15) is 0 Å². The Kier molecular flexibility index (Phi) is 2.55. The highest BCUT2D eigenvalue weighted by atomic mass is 35.5. The van der Waals surface area contributed by atoms with Crippen LogP contribution in [0.3, 0.4) is 0 Å². The van der Waals surface area contributed by atoms with Crippen LogP contribution in [0.25, 0.3) is 0 Å². The summed E-state index contributed by atoms with van der Waals surface area (Å²) < 4.78 is 0. The van der Waals surface area contributed by atoms with Crippen LogP contribution in [0, 0.1) is 0 Å². The zero-order valence-corrected chi connectivity index (χ0v) is 8.37. The van der Waals surface area contributed by atoms with Gasteiger partial charge in [0.1, 0.15) is 0 Å². The van der Waals surface area contributed by atoms with Gasteiger partial charge in [-0.3, -0.25) is 0 Å². The molecule has 0 saturated carbocycles. The zero-order valence-electron chi connectivity index (χ0n) is 7.61. The molecule has 0 amide bonds. The SMILES string of the molecule is C=CC1CC(c2ccccc2Cl)=NO1. The first-order valence-electron chi connectivity index (χ1n) is 4.41. The first-order chi connectivity index (χ1) is 6.81. The fourth-order valence-electron chi connectivity index (χ4n) is 1.38. The Hall–Kier alpha value is -1.28. The van der Waals surface area contributed by atoms with E-state index in [1.54, 1.807) is 6.08 Å².